The van der Waals surface area contributed by atoms with E-state index in [1.54, 1.807) is 19.1 Å². The number of anilines is 1. The molecule has 0 aliphatic carbocycles. The lowest BCUT2D eigenvalue weighted by atomic mass is 10.1. The Morgan fingerprint density at radius 1 is 1.13 bits per heavy atom. The van der Waals surface area contributed by atoms with Crippen molar-refractivity contribution in [1.29, 1.82) is 0 Å². The molecule has 0 spiro atoms. The molecule has 2 aromatic carbocycles. The Kier molecular flexibility index (Phi) is 6.31. The third kappa shape index (κ3) is 4.67. The fourth-order valence-electron chi connectivity index (χ4n) is 4.27. The zero-order valence-electron chi connectivity index (χ0n) is 20.7. The lowest BCUT2D eigenvalue weighted by molar-refractivity contribution is -0.286. The summed E-state index contributed by atoms with van der Waals surface area (Å²) in [4.78, 5) is 36.4. The Morgan fingerprint density at radius 3 is 2.61 bits per heavy atom. The number of carbonyl (C=O) groups is 1. The molecule has 0 fully saturated rings. The van der Waals surface area contributed by atoms with Crippen LogP contribution in [0.1, 0.15) is 12.5 Å². The third-order valence-electron chi connectivity index (χ3n) is 5.94. The minimum absolute atomic E-state index is 0.105. The second kappa shape index (κ2) is 9.49. The van der Waals surface area contributed by atoms with Crippen LogP contribution in [-0.4, -0.2) is 57.5 Å². The van der Waals surface area contributed by atoms with E-state index in [4.69, 9.17) is 0 Å². The number of ether oxygens (including phenoxy) is 2. The van der Waals surface area contributed by atoms with Gasteiger partial charge in [0, 0.05) is 36.0 Å². The van der Waals surface area contributed by atoms with Gasteiger partial charge in [-0.3, -0.25) is 9.59 Å². The number of amides is 1. The number of alkyl halides is 2. The number of nitrogens with zero attached hydrogens (tertiary/aromatic N) is 5. The number of H-pyrrole nitrogens is 1. The molecule has 2 aromatic heterocycles. The first-order valence-corrected chi connectivity index (χ1v) is 11.6. The molecular weight excluding hydrogens is 505 g/mol. The molecule has 0 radical (unpaired) electrons. The number of fused-ring (bicyclic) bond motifs is 2. The fourth-order valence-corrected chi connectivity index (χ4v) is 4.27. The van der Waals surface area contributed by atoms with Crippen LogP contribution in [0.2, 0.25) is 0 Å². The quantitative estimate of drug-likeness (QED) is 0.392. The van der Waals surface area contributed by atoms with E-state index < -0.39 is 30.1 Å². The van der Waals surface area contributed by atoms with Crippen LogP contribution in [0.3, 0.4) is 0 Å². The molecule has 4 aromatic rings. The van der Waals surface area contributed by atoms with Crippen LogP contribution >= 0.6 is 0 Å². The molecule has 0 unspecified atom stereocenters. The van der Waals surface area contributed by atoms with Crippen LogP contribution in [-0.2, 0) is 17.9 Å². The van der Waals surface area contributed by atoms with Crippen molar-refractivity contribution in [2.45, 2.75) is 26.3 Å². The second-order valence-corrected chi connectivity index (χ2v) is 8.92. The zero-order valence-corrected chi connectivity index (χ0v) is 20.7. The lowest BCUT2D eigenvalue weighted by Gasteiger charge is -2.21. The fraction of sp³-hybridized carbons (Fsp3) is 0.280. The summed E-state index contributed by atoms with van der Waals surface area (Å²) >= 11 is 0. The summed E-state index contributed by atoms with van der Waals surface area (Å²) < 4.78 is 51.5. The molecule has 0 saturated heterocycles. The van der Waals surface area contributed by atoms with E-state index >= 15 is 0 Å². The van der Waals surface area contributed by atoms with Gasteiger partial charge < -0.3 is 24.3 Å². The van der Waals surface area contributed by atoms with Gasteiger partial charge in [-0.1, -0.05) is 12.1 Å². The normalized spacial score (nSPS) is 13.9. The van der Waals surface area contributed by atoms with Gasteiger partial charge in [0.25, 0.3) is 5.56 Å². The number of rotatable bonds is 7. The first-order chi connectivity index (χ1) is 18.1. The Labute approximate surface area is 214 Å². The van der Waals surface area contributed by atoms with Crippen molar-refractivity contribution in [3.63, 3.8) is 0 Å². The molecule has 5 rings (SSSR count). The first-order valence-electron chi connectivity index (χ1n) is 11.6. The molecule has 0 bridgehead atoms. The maximum absolute atomic E-state index is 14.8. The highest BCUT2D eigenvalue weighted by Gasteiger charge is 2.43. The van der Waals surface area contributed by atoms with Crippen molar-refractivity contribution in [3.8, 4) is 22.8 Å². The van der Waals surface area contributed by atoms with E-state index in [2.05, 4.69) is 24.5 Å². The molecular formula is C25H23F3N6O4. The third-order valence-corrected chi connectivity index (χ3v) is 5.94. The van der Waals surface area contributed by atoms with Gasteiger partial charge in [0.1, 0.15) is 29.1 Å². The van der Waals surface area contributed by atoms with Crippen LogP contribution in [0.4, 0.5) is 18.9 Å². The molecule has 1 N–H and O–H groups in total. The number of halogens is 3. The number of hydrogen-bond acceptors (Lipinski definition) is 7. The van der Waals surface area contributed by atoms with Crippen LogP contribution in [0, 0.1) is 5.82 Å². The second-order valence-electron chi connectivity index (χ2n) is 8.92. The molecule has 3 heterocycles. The van der Waals surface area contributed by atoms with Crippen LogP contribution in [0.5, 0.6) is 11.5 Å². The van der Waals surface area contributed by atoms with Gasteiger partial charge in [0.2, 0.25) is 5.91 Å². The number of imidazole rings is 1. The monoisotopic (exact) mass is 528 g/mol. The minimum atomic E-state index is -3.79. The van der Waals surface area contributed by atoms with Crippen molar-refractivity contribution in [2.24, 2.45) is 0 Å². The van der Waals surface area contributed by atoms with Crippen molar-refractivity contribution < 1.29 is 27.4 Å². The lowest BCUT2D eigenvalue weighted by Crippen LogP contribution is -2.37. The van der Waals surface area contributed by atoms with E-state index in [0.717, 1.165) is 4.68 Å². The average molecular weight is 528 g/mol. The predicted molar refractivity (Wildman–Crippen MR) is 132 cm³/mol. The summed E-state index contributed by atoms with van der Waals surface area (Å²) in [6, 6.07) is 8.59. The zero-order chi connectivity index (χ0) is 27.2. The van der Waals surface area contributed by atoms with E-state index in [-0.39, 0.29) is 40.5 Å². The van der Waals surface area contributed by atoms with Crippen molar-refractivity contribution in [1.82, 2.24) is 24.6 Å². The van der Waals surface area contributed by atoms with E-state index in [9.17, 15) is 22.8 Å². The number of nitrogens with one attached hydrogen (secondary N) is 1. The summed E-state index contributed by atoms with van der Waals surface area (Å²) in [5.74, 6) is -1.35. The van der Waals surface area contributed by atoms with Gasteiger partial charge >= 0.3 is 6.29 Å². The molecule has 0 saturated carbocycles. The molecule has 0 atom stereocenters. The molecule has 1 aliphatic rings. The van der Waals surface area contributed by atoms with Gasteiger partial charge in [0.05, 0.1) is 6.33 Å². The summed E-state index contributed by atoms with van der Waals surface area (Å²) in [6.45, 7) is 1.78. The largest absolute Gasteiger partial charge is 0.586 e. The molecule has 13 heteroatoms. The average Bonchev–Trinajstić information content (AvgIpc) is 3.45. The van der Waals surface area contributed by atoms with Gasteiger partial charge in [-0.25, -0.2) is 14.1 Å². The Hall–Kier alpha value is -4.39. The Morgan fingerprint density at radius 2 is 1.89 bits per heavy atom. The highest BCUT2D eigenvalue weighted by atomic mass is 19.3. The highest BCUT2D eigenvalue weighted by molar-refractivity contribution is 5.94. The number of aromatic nitrogens is 4. The van der Waals surface area contributed by atoms with Gasteiger partial charge in [-0.05, 0) is 39.2 Å². The van der Waals surface area contributed by atoms with Gasteiger partial charge in [0.15, 0.2) is 11.5 Å². The molecule has 1 aliphatic heterocycles. The summed E-state index contributed by atoms with van der Waals surface area (Å²) in [5.41, 5.74) is 1.11. The highest BCUT2D eigenvalue weighted by Crippen LogP contribution is 2.42. The maximum Gasteiger partial charge on any atom is 0.586 e. The first kappa shape index (κ1) is 25.3. The van der Waals surface area contributed by atoms with E-state index in [1.807, 2.05) is 19.0 Å². The summed E-state index contributed by atoms with van der Waals surface area (Å²) in [5, 5.41) is 4.36. The van der Waals surface area contributed by atoms with Crippen LogP contribution < -0.4 is 19.9 Å². The van der Waals surface area contributed by atoms with E-state index in [0.29, 0.717) is 17.7 Å². The van der Waals surface area contributed by atoms with Gasteiger partial charge in [-0.2, -0.15) is 5.10 Å². The number of likely N-dealkylation sites (N-methyl/N-ethyl adjacent to an activating group) is 1. The van der Waals surface area contributed by atoms with Crippen LogP contribution in [0.25, 0.3) is 22.3 Å². The van der Waals surface area contributed by atoms with Gasteiger partial charge in [-0.15, -0.1) is 8.78 Å². The SMILES string of the molecule is CCN(C(=O)Cn1nc(-c2ccc(CN(C)C)c(F)c2)c2nc[nH]c2c1=O)c1ccc2c(c1)OC(F)(F)O2. The topological polar surface area (TPSA) is 106 Å². The molecule has 38 heavy (non-hydrogen) atoms. The Balaban J connectivity index is 1.48. The number of aromatic amines is 1. The van der Waals surface area contributed by atoms with Crippen molar-refractivity contribution in [3.05, 3.63) is 64.5 Å². The van der Waals surface area contributed by atoms with Crippen LogP contribution in [0.15, 0.2) is 47.5 Å². The van der Waals surface area contributed by atoms with E-state index in [1.165, 1.54) is 35.5 Å². The smallest absolute Gasteiger partial charge is 0.395 e. The van der Waals surface area contributed by atoms with Crippen molar-refractivity contribution >= 4 is 22.6 Å². The number of hydrogen-bond donors (Lipinski definition) is 1. The predicted octanol–water partition coefficient (Wildman–Crippen LogP) is 3.36. The molecule has 10 nitrogen and oxygen atoms in total. The summed E-state index contributed by atoms with van der Waals surface area (Å²) in [7, 11) is 3.65. The standard InChI is InChI=1S/C25H23F3N6O4/c1-4-33(16-7-8-18-19(10-16)38-25(27,28)37-18)20(35)12-34-24(36)23-22(29-13-30-23)21(31-34)14-5-6-15(11-32(2)3)17(26)9-14/h5-10,13H,4,11-12H2,1-3H3,(H,29,30). The number of benzene rings is 2. The molecule has 1 amide bonds. The molecule has 198 valence electrons. The summed E-state index contributed by atoms with van der Waals surface area (Å²) in [6.07, 6.45) is -2.47. The number of carbonyl (C=O) groups excluding carboxylic acids is 1. The van der Waals surface area contributed by atoms with Crippen molar-refractivity contribution in [2.75, 3.05) is 25.5 Å². The minimum Gasteiger partial charge on any atom is -0.395 e. The maximum atomic E-state index is 14.8. The Bertz CT molecular complexity index is 1600.